The molecular formula is C10H9BrO2. The molecule has 0 unspecified atom stereocenters. The SMILES string of the molecule is O=C(O)c1ccc(C2CC2)cc1Br. The van der Waals surface area contributed by atoms with Crippen molar-refractivity contribution in [3.05, 3.63) is 33.8 Å². The number of carbonyl (C=O) groups is 1. The van der Waals surface area contributed by atoms with Crippen molar-refractivity contribution in [1.29, 1.82) is 0 Å². The Balaban J connectivity index is 2.36. The quantitative estimate of drug-likeness (QED) is 0.863. The molecule has 0 amide bonds. The highest BCUT2D eigenvalue weighted by Gasteiger charge is 2.24. The zero-order valence-electron chi connectivity index (χ0n) is 6.96. The summed E-state index contributed by atoms with van der Waals surface area (Å²) in [5, 5.41) is 8.78. The van der Waals surface area contributed by atoms with Crippen LogP contribution in [0.4, 0.5) is 0 Å². The third-order valence-corrected chi connectivity index (χ3v) is 2.93. The molecule has 0 aliphatic heterocycles. The minimum Gasteiger partial charge on any atom is -0.478 e. The van der Waals surface area contributed by atoms with E-state index >= 15 is 0 Å². The molecule has 1 N–H and O–H groups in total. The van der Waals surface area contributed by atoms with Crippen molar-refractivity contribution in [3.8, 4) is 0 Å². The number of rotatable bonds is 2. The van der Waals surface area contributed by atoms with Crippen LogP contribution in [0.2, 0.25) is 0 Å². The molecular weight excluding hydrogens is 232 g/mol. The summed E-state index contributed by atoms with van der Waals surface area (Å²) in [6, 6.07) is 5.49. The molecule has 13 heavy (non-hydrogen) atoms. The lowest BCUT2D eigenvalue weighted by Crippen LogP contribution is -1.97. The molecule has 0 aromatic heterocycles. The van der Waals surface area contributed by atoms with Gasteiger partial charge in [-0.15, -0.1) is 0 Å². The molecule has 68 valence electrons. The summed E-state index contributed by atoms with van der Waals surface area (Å²) in [5.41, 5.74) is 1.58. The Morgan fingerprint density at radius 3 is 2.62 bits per heavy atom. The zero-order chi connectivity index (χ0) is 9.42. The smallest absolute Gasteiger partial charge is 0.336 e. The van der Waals surface area contributed by atoms with Crippen LogP contribution >= 0.6 is 15.9 Å². The van der Waals surface area contributed by atoms with Crippen molar-refractivity contribution >= 4 is 21.9 Å². The largest absolute Gasteiger partial charge is 0.478 e. The topological polar surface area (TPSA) is 37.3 Å². The molecule has 1 aromatic rings. The minimum atomic E-state index is -0.880. The van der Waals surface area contributed by atoms with E-state index in [1.165, 1.54) is 18.4 Å². The molecule has 1 aliphatic carbocycles. The van der Waals surface area contributed by atoms with Gasteiger partial charge in [0.2, 0.25) is 0 Å². The number of carboxylic acids is 1. The number of hydrogen-bond donors (Lipinski definition) is 1. The van der Waals surface area contributed by atoms with Crippen LogP contribution in [-0.4, -0.2) is 11.1 Å². The van der Waals surface area contributed by atoms with Gasteiger partial charge in [0, 0.05) is 4.47 Å². The Morgan fingerprint density at radius 2 is 2.15 bits per heavy atom. The molecule has 0 spiro atoms. The molecule has 1 saturated carbocycles. The maximum Gasteiger partial charge on any atom is 0.336 e. The number of hydrogen-bond acceptors (Lipinski definition) is 1. The van der Waals surface area contributed by atoms with Gasteiger partial charge in [-0.2, -0.15) is 0 Å². The first-order valence-electron chi connectivity index (χ1n) is 4.21. The molecule has 0 saturated heterocycles. The Bertz CT molecular complexity index is 356. The predicted octanol–water partition coefficient (Wildman–Crippen LogP) is 3.02. The van der Waals surface area contributed by atoms with Crippen molar-refractivity contribution in [2.75, 3.05) is 0 Å². The summed E-state index contributed by atoms with van der Waals surface area (Å²) in [6.45, 7) is 0. The van der Waals surface area contributed by atoms with Crippen molar-refractivity contribution in [1.82, 2.24) is 0 Å². The fourth-order valence-electron chi connectivity index (χ4n) is 1.38. The molecule has 0 heterocycles. The second kappa shape index (κ2) is 3.14. The van der Waals surface area contributed by atoms with Crippen LogP contribution in [0.5, 0.6) is 0 Å². The van der Waals surface area contributed by atoms with Gasteiger partial charge in [-0.3, -0.25) is 0 Å². The second-order valence-corrected chi connectivity index (χ2v) is 4.17. The van der Waals surface area contributed by atoms with Crippen LogP contribution < -0.4 is 0 Å². The van der Waals surface area contributed by atoms with E-state index in [0.717, 1.165) is 0 Å². The summed E-state index contributed by atoms with van der Waals surface area (Å²) in [4.78, 5) is 10.7. The third-order valence-electron chi connectivity index (χ3n) is 2.27. The lowest BCUT2D eigenvalue weighted by molar-refractivity contribution is 0.0696. The monoisotopic (exact) mass is 240 g/mol. The lowest BCUT2D eigenvalue weighted by atomic mass is 10.1. The summed E-state index contributed by atoms with van der Waals surface area (Å²) in [5.74, 6) is -0.214. The number of carboxylic acid groups (broad SMARTS) is 1. The highest BCUT2D eigenvalue weighted by Crippen LogP contribution is 2.41. The van der Waals surface area contributed by atoms with E-state index in [9.17, 15) is 4.79 Å². The van der Waals surface area contributed by atoms with E-state index in [4.69, 9.17) is 5.11 Å². The van der Waals surface area contributed by atoms with Gasteiger partial charge in [0.15, 0.2) is 0 Å². The van der Waals surface area contributed by atoms with E-state index in [-0.39, 0.29) is 0 Å². The molecule has 1 fully saturated rings. The molecule has 0 radical (unpaired) electrons. The molecule has 2 nitrogen and oxygen atoms in total. The molecule has 0 atom stereocenters. The van der Waals surface area contributed by atoms with E-state index in [1.54, 1.807) is 6.07 Å². The van der Waals surface area contributed by atoms with E-state index in [2.05, 4.69) is 15.9 Å². The van der Waals surface area contributed by atoms with Crippen LogP contribution in [-0.2, 0) is 0 Å². The van der Waals surface area contributed by atoms with Crippen molar-refractivity contribution in [2.45, 2.75) is 18.8 Å². The number of halogens is 1. The van der Waals surface area contributed by atoms with Crippen molar-refractivity contribution < 1.29 is 9.90 Å². The zero-order valence-corrected chi connectivity index (χ0v) is 8.54. The van der Waals surface area contributed by atoms with Crippen LogP contribution in [0.25, 0.3) is 0 Å². The second-order valence-electron chi connectivity index (χ2n) is 3.32. The molecule has 2 rings (SSSR count). The van der Waals surface area contributed by atoms with Gasteiger partial charge in [0.25, 0.3) is 0 Å². The first kappa shape index (κ1) is 8.75. The van der Waals surface area contributed by atoms with Crippen molar-refractivity contribution in [2.24, 2.45) is 0 Å². The lowest BCUT2D eigenvalue weighted by Gasteiger charge is -2.02. The normalized spacial score (nSPS) is 15.8. The number of aromatic carboxylic acids is 1. The summed E-state index contributed by atoms with van der Waals surface area (Å²) in [6.07, 6.45) is 2.47. The Morgan fingerprint density at radius 1 is 1.46 bits per heavy atom. The fourth-order valence-corrected chi connectivity index (χ4v) is 1.94. The van der Waals surface area contributed by atoms with Gasteiger partial charge in [0.05, 0.1) is 5.56 Å². The highest BCUT2D eigenvalue weighted by atomic mass is 79.9. The maximum absolute atomic E-state index is 10.7. The minimum absolute atomic E-state index is 0.337. The summed E-state index contributed by atoms with van der Waals surface area (Å²) >= 11 is 3.26. The van der Waals surface area contributed by atoms with E-state index in [0.29, 0.717) is 16.0 Å². The van der Waals surface area contributed by atoms with Gasteiger partial charge in [-0.05, 0) is 52.4 Å². The molecule has 0 bridgehead atoms. The van der Waals surface area contributed by atoms with Crippen molar-refractivity contribution in [3.63, 3.8) is 0 Å². The maximum atomic E-state index is 10.7. The molecule has 3 heteroatoms. The fraction of sp³-hybridized carbons (Fsp3) is 0.300. The first-order chi connectivity index (χ1) is 6.18. The van der Waals surface area contributed by atoms with E-state index < -0.39 is 5.97 Å². The molecule has 1 aliphatic rings. The molecule has 1 aromatic carbocycles. The van der Waals surface area contributed by atoms with E-state index in [1.807, 2.05) is 12.1 Å². The van der Waals surface area contributed by atoms with Gasteiger partial charge in [-0.25, -0.2) is 4.79 Å². The Hall–Kier alpha value is -0.830. The van der Waals surface area contributed by atoms with Gasteiger partial charge in [0.1, 0.15) is 0 Å². The van der Waals surface area contributed by atoms with Gasteiger partial charge < -0.3 is 5.11 Å². The average molecular weight is 241 g/mol. The Labute approximate surface area is 84.7 Å². The van der Waals surface area contributed by atoms with Crippen LogP contribution in [0.1, 0.15) is 34.7 Å². The van der Waals surface area contributed by atoms with Crippen LogP contribution in [0, 0.1) is 0 Å². The summed E-state index contributed by atoms with van der Waals surface area (Å²) < 4.78 is 0.685. The first-order valence-corrected chi connectivity index (χ1v) is 5.00. The third kappa shape index (κ3) is 1.75. The van der Waals surface area contributed by atoms with Gasteiger partial charge >= 0.3 is 5.97 Å². The standard InChI is InChI=1S/C10H9BrO2/c11-9-5-7(6-1-2-6)3-4-8(9)10(12)13/h3-6H,1-2H2,(H,12,13). The summed E-state index contributed by atoms with van der Waals surface area (Å²) in [7, 11) is 0. The van der Waals surface area contributed by atoms with Crippen LogP contribution in [0.15, 0.2) is 22.7 Å². The Kier molecular flexibility index (Phi) is 2.12. The highest BCUT2D eigenvalue weighted by molar-refractivity contribution is 9.10. The van der Waals surface area contributed by atoms with Crippen LogP contribution in [0.3, 0.4) is 0 Å². The predicted molar refractivity (Wildman–Crippen MR) is 53.1 cm³/mol. The average Bonchev–Trinajstić information content (AvgIpc) is 2.85. The van der Waals surface area contributed by atoms with Gasteiger partial charge in [-0.1, -0.05) is 6.07 Å². The number of benzene rings is 1.